The van der Waals surface area contributed by atoms with Crippen molar-refractivity contribution >= 4 is 11.7 Å². The molecule has 1 aliphatic heterocycles. The third kappa shape index (κ3) is 1.87. The lowest BCUT2D eigenvalue weighted by Gasteiger charge is -2.25. The molecule has 80 valence electrons. The third-order valence-corrected chi connectivity index (χ3v) is 2.17. The van der Waals surface area contributed by atoms with Gasteiger partial charge in [-0.25, -0.2) is 4.79 Å². The summed E-state index contributed by atoms with van der Waals surface area (Å²) in [5, 5.41) is 9.51. The summed E-state index contributed by atoms with van der Waals surface area (Å²) in [7, 11) is 0. The number of aromatic hydroxyl groups is 1. The fourth-order valence-corrected chi connectivity index (χ4v) is 1.22. The Bertz CT molecular complexity index is 387. The van der Waals surface area contributed by atoms with Crippen molar-refractivity contribution in [2.45, 2.75) is 6.10 Å². The van der Waals surface area contributed by atoms with E-state index in [0.29, 0.717) is 13.2 Å². The van der Waals surface area contributed by atoms with Gasteiger partial charge in [0.25, 0.3) is 0 Å². The number of carbonyl (C=O) groups is 1. The molecule has 5 nitrogen and oxygen atoms in total. The van der Waals surface area contributed by atoms with E-state index in [0.717, 1.165) is 0 Å². The van der Waals surface area contributed by atoms with Gasteiger partial charge in [-0.05, 0) is 12.1 Å². The van der Waals surface area contributed by atoms with Gasteiger partial charge in [-0.2, -0.15) is 0 Å². The van der Waals surface area contributed by atoms with Gasteiger partial charge in [-0.3, -0.25) is 0 Å². The van der Waals surface area contributed by atoms with E-state index < -0.39 is 5.97 Å². The molecule has 0 atom stereocenters. The maximum Gasteiger partial charge on any atom is 0.342 e. The maximum atomic E-state index is 11.5. The fourth-order valence-electron chi connectivity index (χ4n) is 1.22. The van der Waals surface area contributed by atoms with Crippen molar-refractivity contribution in [1.29, 1.82) is 0 Å². The molecule has 0 saturated carbocycles. The number of rotatable bonds is 2. The molecule has 1 aromatic rings. The van der Waals surface area contributed by atoms with Crippen LogP contribution < -0.4 is 5.73 Å². The first kappa shape index (κ1) is 9.79. The lowest BCUT2D eigenvalue weighted by Crippen LogP contribution is -2.37. The van der Waals surface area contributed by atoms with E-state index in [4.69, 9.17) is 15.2 Å². The zero-order chi connectivity index (χ0) is 10.8. The summed E-state index contributed by atoms with van der Waals surface area (Å²) in [5.41, 5.74) is 5.70. The monoisotopic (exact) mass is 209 g/mol. The Morgan fingerprint density at radius 2 is 2.27 bits per heavy atom. The van der Waals surface area contributed by atoms with Crippen molar-refractivity contribution < 1.29 is 19.4 Å². The van der Waals surface area contributed by atoms with E-state index >= 15 is 0 Å². The van der Waals surface area contributed by atoms with Gasteiger partial charge in [0.1, 0.15) is 11.7 Å². The number of nitrogen functional groups attached to an aromatic ring is 1. The number of ether oxygens (including phenoxy) is 2. The van der Waals surface area contributed by atoms with E-state index in [1.54, 1.807) is 6.07 Å². The minimum atomic E-state index is -0.576. The Balaban J connectivity index is 2.13. The molecule has 0 unspecified atom stereocenters. The number of para-hydroxylation sites is 1. The summed E-state index contributed by atoms with van der Waals surface area (Å²) in [6.07, 6.45) is -0.210. The second-order valence-corrected chi connectivity index (χ2v) is 3.31. The molecule has 15 heavy (non-hydrogen) atoms. The van der Waals surface area contributed by atoms with E-state index in [-0.39, 0.29) is 23.1 Å². The van der Waals surface area contributed by atoms with Crippen LogP contribution >= 0.6 is 0 Å². The van der Waals surface area contributed by atoms with Gasteiger partial charge in [0.05, 0.1) is 18.9 Å². The zero-order valence-electron chi connectivity index (χ0n) is 7.97. The Labute approximate surface area is 86.4 Å². The standard InChI is InChI=1S/C10H11NO4/c11-8-3-1-2-7(9(8)12)10(13)15-6-4-14-5-6/h1-3,6,12H,4-5,11H2. The van der Waals surface area contributed by atoms with E-state index in [2.05, 4.69) is 0 Å². The lowest BCUT2D eigenvalue weighted by atomic mass is 10.1. The highest BCUT2D eigenvalue weighted by Gasteiger charge is 2.25. The largest absolute Gasteiger partial charge is 0.505 e. The SMILES string of the molecule is Nc1cccc(C(=O)OC2COC2)c1O. The number of carbonyl (C=O) groups excluding carboxylic acids is 1. The summed E-state index contributed by atoms with van der Waals surface area (Å²) >= 11 is 0. The highest BCUT2D eigenvalue weighted by atomic mass is 16.6. The molecule has 3 N–H and O–H groups in total. The first-order chi connectivity index (χ1) is 7.18. The fraction of sp³-hybridized carbons (Fsp3) is 0.300. The average molecular weight is 209 g/mol. The van der Waals surface area contributed by atoms with E-state index in [1.807, 2.05) is 0 Å². The van der Waals surface area contributed by atoms with E-state index in [9.17, 15) is 9.90 Å². The first-order valence-electron chi connectivity index (χ1n) is 4.54. The predicted octanol–water partition coefficient (Wildman–Crippen LogP) is 0.530. The number of benzene rings is 1. The lowest BCUT2D eigenvalue weighted by molar-refractivity contribution is -0.103. The molecule has 0 aliphatic carbocycles. The molecule has 0 aromatic heterocycles. The van der Waals surface area contributed by atoms with Crippen molar-refractivity contribution in [3.8, 4) is 5.75 Å². The molecule has 2 rings (SSSR count). The normalized spacial score (nSPS) is 15.7. The molecule has 1 aromatic carbocycles. The maximum absolute atomic E-state index is 11.5. The van der Waals surface area contributed by atoms with Crippen molar-refractivity contribution in [2.75, 3.05) is 18.9 Å². The summed E-state index contributed by atoms with van der Waals surface area (Å²) in [4.78, 5) is 11.5. The number of anilines is 1. The topological polar surface area (TPSA) is 81.8 Å². The molecule has 0 radical (unpaired) electrons. The smallest absolute Gasteiger partial charge is 0.342 e. The molecule has 5 heteroatoms. The van der Waals surface area contributed by atoms with Gasteiger partial charge in [0, 0.05) is 0 Å². The van der Waals surface area contributed by atoms with E-state index in [1.165, 1.54) is 12.1 Å². The summed E-state index contributed by atoms with van der Waals surface area (Å²) < 4.78 is 9.89. The van der Waals surface area contributed by atoms with Crippen LogP contribution in [0.15, 0.2) is 18.2 Å². The van der Waals surface area contributed by atoms with Crippen molar-refractivity contribution in [2.24, 2.45) is 0 Å². The molecular weight excluding hydrogens is 198 g/mol. The number of hydrogen-bond donors (Lipinski definition) is 2. The number of phenolic OH excluding ortho intramolecular Hbond substituents is 1. The average Bonchev–Trinajstić information content (AvgIpc) is 2.15. The van der Waals surface area contributed by atoms with Crippen LogP contribution in [0.25, 0.3) is 0 Å². The number of esters is 1. The van der Waals surface area contributed by atoms with Gasteiger partial charge in [0.2, 0.25) is 0 Å². The summed E-state index contributed by atoms with van der Waals surface area (Å²) in [6, 6.07) is 4.56. The highest BCUT2D eigenvalue weighted by Crippen LogP contribution is 2.25. The van der Waals surface area contributed by atoms with Gasteiger partial charge >= 0.3 is 5.97 Å². The predicted molar refractivity (Wildman–Crippen MR) is 52.5 cm³/mol. The second-order valence-electron chi connectivity index (χ2n) is 3.31. The zero-order valence-corrected chi connectivity index (χ0v) is 7.97. The first-order valence-corrected chi connectivity index (χ1v) is 4.54. The van der Waals surface area contributed by atoms with Crippen molar-refractivity contribution in [1.82, 2.24) is 0 Å². The highest BCUT2D eigenvalue weighted by molar-refractivity contribution is 5.94. The second kappa shape index (κ2) is 3.78. The molecular formula is C10H11NO4. The molecule has 1 saturated heterocycles. The third-order valence-electron chi connectivity index (χ3n) is 2.17. The molecule has 1 aliphatic rings. The minimum absolute atomic E-state index is 0.0851. The van der Waals surface area contributed by atoms with Crippen LogP contribution in [0.4, 0.5) is 5.69 Å². The summed E-state index contributed by atoms with van der Waals surface area (Å²) in [5.74, 6) is -0.809. The van der Waals surface area contributed by atoms with Gasteiger partial charge in [-0.15, -0.1) is 0 Å². The van der Waals surface area contributed by atoms with Crippen molar-refractivity contribution in [3.63, 3.8) is 0 Å². The van der Waals surface area contributed by atoms with Crippen LogP contribution in [0.2, 0.25) is 0 Å². The Hall–Kier alpha value is -1.75. The number of hydrogen-bond acceptors (Lipinski definition) is 5. The number of nitrogens with two attached hydrogens (primary N) is 1. The summed E-state index contributed by atoms with van der Waals surface area (Å²) in [6.45, 7) is 0.823. The van der Waals surface area contributed by atoms with Crippen molar-refractivity contribution in [3.05, 3.63) is 23.8 Å². The quantitative estimate of drug-likeness (QED) is 0.422. The van der Waals surface area contributed by atoms with Crippen LogP contribution in [0, 0.1) is 0 Å². The molecule has 1 fully saturated rings. The Morgan fingerprint density at radius 1 is 1.53 bits per heavy atom. The molecule has 0 amide bonds. The Kier molecular flexibility index (Phi) is 2.47. The van der Waals surface area contributed by atoms with Gasteiger partial charge in [0.15, 0.2) is 5.75 Å². The van der Waals surface area contributed by atoms with Gasteiger partial charge in [-0.1, -0.05) is 6.07 Å². The van der Waals surface area contributed by atoms with Gasteiger partial charge < -0.3 is 20.3 Å². The molecule has 0 spiro atoms. The molecule has 1 heterocycles. The van der Waals surface area contributed by atoms with Crippen LogP contribution in [0.5, 0.6) is 5.75 Å². The van der Waals surface area contributed by atoms with Crippen LogP contribution in [-0.4, -0.2) is 30.4 Å². The minimum Gasteiger partial charge on any atom is -0.505 e. The van der Waals surface area contributed by atoms with Crippen LogP contribution in [-0.2, 0) is 9.47 Å². The van der Waals surface area contributed by atoms with Crippen LogP contribution in [0.3, 0.4) is 0 Å². The number of phenols is 1. The van der Waals surface area contributed by atoms with Crippen LogP contribution in [0.1, 0.15) is 10.4 Å². The Morgan fingerprint density at radius 3 is 2.87 bits per heavy atom. The molecule has 0 bridgehead atoms.